The summed E-state index contributed by atoms with van der Waals surface area (Å²) in [5.74, 6) is -0.715. The van der Waals surface area contributed by atoms with Gasteiger partial charge < -0.3 is 9.64 Å². The van der Waals surface area contributed by atoms with Crippen LogP contribution in [0.2, 0.25) is 0 Å². The maximum absolute atomic E-state index is 12.5. The lowest BCUT2D eigenvalue weighted by molar-refractivity contribution is -0.130. The predicted octanol–water partition coefficient (Wildman–Crippen LogP) is 0.753. The number of hydrogen-bond acceptors (Lipinski definition) is 6. The van der Waals surface area contributed by atoms with E-state index in [2.05, 4.69) is 9.97 Å². The summed E-state index contributed by atoms with van der Waals surface area (Å²) in [5, 5.41) is 0. The molecule has 3 amide bonds. The fraction of sp³-hybridized carbons (Fsp3) is 0.278. The normalized spacial score (nSPS) is 19.0. The van der Waals surface area contributed by atoms with Gasteiger partial charge in [-0.1, -0.05) is 12.1 Å². The summed E-state index contributed by atoms with van der Waals surface area (Å²) in [7, 11) is 0. The molecule has 2 aromatic rings. The zero-order valence-electron chi connectivity index (χ0n) is 13.9. The molecule has 3 heterocycles. The minimum atomic E-state index is -0.425. The molecule has 0 saturated carbocycles. The Bertz CT molecular complexity index is 836. The van der Waals surface area contributed by atoms with Gasteiger partial charge in [0.25, 0.3) is 11.8 Å². The van der Waals surface area contributed by atoms with Crippen molar-refractivity contribution >= 4 is 17.7 Å². The highest BCUT2D eigenvalue weighted by Crippen LogP contribution is 2.23. The smallest absolute Gasteiger partial charge is 0.262 e. The van der Waals surface area contributed by atoms with Crippen LogP contribution in [-0.4, -0.2) is 63.2 Å². The monoisotopic (exact) mass is 352 g/mol. The lowest BCUT2D eigenvalue weighted by Crippen LogP contribution is -2.42. The van der Waals surface area contributed by atoms with Crippen molar-refractivity contribution in [2.24, 2.45) is 0 Å². The Morgan fingerprint density at radius 3 is 2.54 bits per heavy atom. The number of amides is 3. The van der Waals surface area contributed by atoms with Gasteiger partial charge in [-0.2, -0.15) is 0 Å². The van der Waals surface area contributed by atoms with E-state index in [0.29, 0.717) is 36.5 Å². The Labute approximate surface area is 149 Å². The van der Waals surface area contributed by atoms with Crippen molar-refractivity contribution in [2.45, 2.75) is 12.5 Å². The molecule has 1 aromatic heterocycles. The van der Waals surface area contributed by atoms with E-state index in [0.717, 1.165) is 4.90 Å². The molecule has 2 aliphatic heterocycles. The van der Waals surface area contributed by atoms with Crippen LogP contribution in [0.1, 0.15) is 27.1 Å². The molecule has 1 atom stereocenters. The van der Waals surface area contributed by atoms with Crippen LogP contribution in [0.5, 0.6) is 5.88 Å². The largest absolute Gasteiger partial charge is 0.471 e. The minimum absolute atomic E-state index is 0.183. The number of carbonyl (C=O) groups is 3. The topological polar surface area (TPSA) is 92.7 Å². The summed E-state index contributed by atoms with van der Waals surface area (Å²) in [4.78, 5) is 47.8. The summed E-state index contributed by atoms with van der Waals surface area (Å²) in [5.41, 5.74) is 0.686. The first kappa shape index (κ1) is 16.2. The van der Waals surface area contributed by atoms with Crippen LogP contribution in [0.4, 0.5) is 0 Å². The van der Waals surface area contributed by atoms with Crippen molar-refractivity contribution in [3.05, 3.63) is 54.0 Å². The quantitative estimate of drug-likeness (QED) is 0.754. The Hall–Kier alpha value is -3.29. The van der Waals surface area contributed by atoms with E-state index in [1.165, 1.54) is 12.4 Å². The molecule has 26 heavy (non-hydrogen) atoms. The number of hydrogen-bond donors (Lipinski definition) is 0. The molecule has 0 N–H and O–H groups in total. The lowest BCUT2D eigenvalue weighted by Gasteiger charge is -2.20. The van der Waals surface area contributed by atoms with Crippen molar-refractivity contribution < 1.29 is 19.1 Å². The van der Waals surface area contributed by atoms with E-state index < -0.39 is 11.8 Å². The molecule has 0 spiro atoms. The minimum Gasteiger partial charge on any atom is -0.471 e. The van der Waals surface area contributed by atoms with Gasteiger partial charge in [-0.25, -0.2) is 4.98 Å². The summed E-state index contributed by atoms with van der Waals surface area (Å²) in [6.45, 7) is 0.635. The number of rotatable bonds is 4. The van der Waals surface area contributed by atoms with Gasteiger partial charge >= 0.3 is 0 Å². The second kappa shape index (κ2) is 6.55. The number of nitrogens with zero attached hydrogens (tertiary/aromatic N) is 4. The van der Waals surface area contributed by atoms with E-state index >= 15 is 0 Å². The average Bonchev–Trinajstić information content (AvgIpc) is 3.22. The molecule has 132 valence electrons. The van der Waals surface area contributed by atoms with Gasteiger partial charge in [0.05, 0.1) is 23.9 Å². The Kier molecular flexibility index (Phi) is 4.08. The van der Waals surface area contributed by atoms with Gasteiger partial charge in [0.2, 0.25) is 11.8 Å². The first-order chi connectivity index (χ1) is 12.6. The van der Waals surface area contributed by atoms with Crippen LogP contribution >= 0.6 is 0 Å². The van der Waals surface area contributed by atoms with Gasteiger partial charge in [-0.15, -0.1) is 0 Å². The Balaban J connectivity index is 1.38. The number of aromatic nitrogens is 2. The zero-order valence-corrected chi connectivity index (χ0v) is 13.9. The van der Waals surface area contributed by atoms with Crippen molar-refractivity contribution in [3.8, 4) is 5.88 Å². The summed E-state index contributed by atoms with van der Waals surface area (Å²) >= 11 is 0. The van der Waals surface area contributed by atoms with Gasteiger partial charge in [0.15, 0.2) is 0 Å². The second-order valence-electron chi connectivity index (χ2n) is 6.15. The molecule has 8 nitrogen and oxygen atoms in total. The SMILES string of the molecule is O=C(CN1C(=O)c2ccccc2C1=O)N1CCC(Oc2cnccn2)C1. The molecule has 4 rings (SSSR count). The highest BCUT2D eigenvalue weighted by molar-refractivity contribution is 6.22. The molecule has 0 aliphatic carbocycles. The third kappa shape index (κ3) is 2.90. The van der Waals surface area contributed by atoms with Crippen LogP contribution in [0, 0.1) is 0 Å². The highest BCUT2D eigenvalue weighted by Gasteiger charge is 2.38. The molecule has 0 bridgehead atoms. The molecule has 1 unspecified atom stereocenters. The number of benzene rings is 1. The molecular weight excluding hydrogens is 336 g/mol. The van der Waals surface area contributed by atoms with Crippen LogP contribution in [-0.2, 0) is 4.79 Å². The van der Waals surface area contributed by atoms with E-state index in [4.69, 9.17) is 4.74 Å². The molecule has 0 radical (unpaired) electrons. The van der Waals surface area contributed by atoms with Gasteiger partial charge in [0, 0.05) is 25.4 Å². The molecular formula is C18H16N4O4. The van der Waals surface area contributed by atoms with E-state index in [1.54, 1.807) is 35.4 Å². The van der Waals surface area contributed by atoms with E-state index in [9.17, 15) is 14.4 Å². The second-order valence-corrected chi connectivity index (χ2v) is 6.15. The van der Waals surface area contributed by atoms with Crippen molar-refractivity contribution in [2.75, 3.05) is 19.6 Å². The maximum Gasteiger partial charge on any atom is 0.262 e. The van der Waals surface area contributed by atoms with E-state index in [-0.39, 0.29) is 18.6 Å². The number of likely N-dealkylation sites (tertiary alicyclic amines) is 1. The van der Waals surface area contributed by atoms with Crippen molar-refractivity contribution in [1.82, 2.24) is 19.8 Å². The Morgan fingerprint density at radius 1 is 1.15 bits per heavy atom. The summed E-state index contributed by atoms with van der Waals surface area (Å²) < 4.78 is 5.70. The zero-order chi connectivity index (χ0) is 18.1. The lowest BCUT2D eigenvalue weighted by atomic mass is 10.1. The van der Waals surface area contributed by atoms with Crippen LogP contribution in [0.15, 0.2) is 42.9 Å². The Morgan fingerprint density at radius 2 is 1.88 bits per heavy atom. The molecule has 2 aliphatic rings. The van der Waals surface area contributed by atoms with Crippen molar-refractivity contribution in [3.63, 3.8) is 0 Å². The predicted molar refractivity (Wildman–Crippen MR) is 89.5 cm³/mol. The summed E-state index contributed by atoms with van der Waals surface area (Å²) in [6, 6.07) is 6.59. The van der Waals surface area contributed by atoms with Crippen LogP contribution in [0.3, 0.4) is 0 Å². The van der Waals surface area contributed by atoms with Gasteiger partial charge in [0.1, 0.15) is 12.6 Å². The molecule has 1 fully saturated rings. The van der Waals surface area contributed by atoms with E-state index in [1.807, 2.05) is 0 Å². The highest BCUT2D eigenvalue weighted by atomic mass is 16.5. The van der Waals surface area contributed by atoms with Crippen LogP contribution < -0.4 is 4.74 Å². The first-order valence-corrected chi connectivity index (χ1v) is 8.29. The third-order valence-electron chi connectivity index (χ3n) is 4.50. The molecule has 1 saturated heterocycles. The maximum atomic E-state index is 12.5. The third-order valence-corrected chi connectivity index (χ3v) is 4.50. The fourth-order valence-corrected chi connectivity index (χ4v) is 3.19. The number of fused-ring (bicyclic) bond motifs is 1. The number of carbonyl (C=O) groups excluding carboxylic acids is 3. The number of ether oxygens (including phenoxy) is 1. The van der Waals surface area contributed by atoms with Crippen molar-refractivity contribution in [1.29, 1.82) is 0 Å². The number of imide groups is 1. The average molecular weight is 352 g/mol. The van der Waals surface area contributed by atoms with Gasteiger partial charge in [-0.3, -0.25) is 24.3 Å². The van der Waals surface area contributed by atoms with Gasteiger partial charge in [-0.05, 0) is 12.1 Å². The first-order valence-electron chi connectivity index (χ1n) is 8.29. The molecule has 1 aromatic carbocycles. The summed E-state index contributed by atoms with van der Waals surface area (Å²) in [6.07, 6.45) is 5.08. The fourth-order valence-electron chi connectivity index (χ4n) is 3.19. The standard InChI is InChI=1S/C18H16N4O4/c23-16(11-22-17(24)13-3-1-2-4-14(13)18(22)25)21-8-5-12(10-21)26-15-9-19-6-7-20-15/h1-4,6-7,9,12H,5,8,10-11H2. The van der Waals surface area contributed by atoms with Crippen LogP contribution in [0.25, 0.3) is 0 Å². The molecule has 8 heteroatoms.